The SMILES string of the molecule is CCCNC(=O)c1c(N)c2cccc(-c3cn(C)nc3C)c2n(C)c1=O. The van der Waals surface area contributed by atoms with Crippen molar-refractivity contribution in [3.8, 4) is 11.1 Å². The topological polar surface area (TPSA) is 94.9 Å². The van der Waals surface area contributed by atoms with Gasteiger partial charge in [0, 0.05) is 43.4 Å². The highest BCUT2D eigenvalue weighted by Crippen LogP contribution is 2.32. The zero-order valence-corrected chi connectivity index (χ0v) is 15.5. The number of aryl methyl sites for hydroxylation is 3. The normalized spacial score (nSPS) is 11.1. The second-order valence-electron chi connectivity index (χ2n) is 6.41. The molecule has 0 aliphatic heterocycles. The lowest BCUT2D eigenvalue weighted by atomic mass is 10.00. The number of rotatable bonds is 4. The maximum Gasteiger partial charge on any atom is 0.265 e. The maximum absolute atomic E-state index is 12.9. The van der Waals surface area contributed by atoms with Crippen molar-refractivity contribution in [3.05, 3.63) is 46.0 Å². The van der Waals surface area contributed by atoms with Crippen LogP contribution in [0.4, 0.5) is 5.69 Å². The zero-order chi connectivity index (χ0) is 19.0. The number of carbonyl (C=O) groups is 1. The minimum Gasteiger partial charge on any atom is -0.397 e. The van der Waals surface area contributed by atoms with Crippen LogP contribution >= 0.6 is 0 Å². The van der Waals surface area contributed by atoms with Gasteiger partial charge in [-0.05, 0) is 13.3 Å². The second kappa shape index (κ2) is 6.67. The fourth-order valence-electron chi connectivity index (χ4n) is 3.27. The Morgan fingerprint density at radius 2 is 2.00 bits per heavy atom. The molecule has 0 bridgehead atoms. The first-order valence-electron chi connectivity index (χ1n) is 8.56. The van der Waals surface area contributed by atoms with E-state index in [2.05, 4.69) is 10.4 Å². The van der Waals surface area contributed by atoms with Crippen molar-refractivity contribution in [2.24, 2.45) is 14.1 Å². The van der Waals surface area contributed by atoms with Crippen molar-refractivity contribution >= 4 is 22.5 Å². The average Bonchev–Trinajstić information content (AvgIpc) is 2.95. The van der Waals surface area contributed by atoms with E-state index in [1.54, 1.807) is 11.7 Å². The monoisotopic (exact) mass is 353 g/mol. The number of nitrogens with two attached hydrogens (primary N) is 1. The summed E-state index contributed by atoms with van der Waals surface area (Å²) in [7, 11) is 3.51. The smallest absolute Gasteiger partial charge is 0.265 e. The Hall–Kier alpha value is -3.09. The molecule has 136 valence electrons. The first-order valence-corrected chi connectivity index (χ1v) is 8.56. The Morgan fingerprint density at radius 3 is 2.62 bits per heavy atom. The van der Waals surface area contributed by atoms with E-state index in [1.807, 2.05) is 45.3 Å². The number of aromatic nitrogens is 3. The number of fused-ring (bicyclic) bond motifs is 1. The highest BCUT2D eigenvalue weighted by atomic mass is 16.2. The number of benzene rings is 1. The molecule has 26 heavy (non-hydrogen) atoms. The van der Waals surface area contributed by atoms with Gasteiger partial charge >= 0.3 is 0 Å². The summed E-state index contributed by atoms with van der Waals surface area (Å²) < 4.78 is 3.23. The molecule has 0 aliphatic carbocycles. The van der Waals surface area contributed by atoms with E-state index in [-0.39, 0.29) is 11.3 Å². The largest absolute Gasteiger partial charge is 0.397 e. The number of nitrogen functional groups attached to an aromatic ring is 1. The standard InChI is InChI=1S/C19H23N5O2/c1-5-9-21-18(25)15-16(20)13-8-6-7-12(17(13)24(4)19(15)26)14-10-23(3)22-11(14)2/h6-8,10H,5,9,20H2,1-4H3,(H,21,25). The molecule has 3 aromatic rings. The Labute approximate surface area is 151 Å². The van der Waals surface area contributed by atoms with Gasteiger partial charge in [0.1, 0.15) is 5.56 Å². The van der Waals surface area contributed by atoms with Gasteiger partial charge in [-0.25, -0.2) is 0 Å². The Kier molecular flexibility index (Phi) is 4.54. The van der Waals surface area contributed by atoms with Gasteiger partial charge in [0.05, 0.1) is 16.9 Å². The highest BCUT2D eigenvalue weighted by molar-refractivity contribution is 6.09. The molecule has 2 heterocycles. The van der Waals surface area contributed by atoms with E-state index < -0.39 is 11.5 Å². The quantitative estimate of drug-likeness (QED) is 0.750. The summed E-state index contributed by atoms with van der Waals surface area (Å²) in [5.41, 5.74) is 9.39. The molecule has 2 aromatic heterocycles. The summed E-state index contributed by atoms with van der Waals surface area (Å²) in [6, 6.07) is 5.64. The number of para-hydroxylation sites is 1. The van der Waals surface area contributed by atoms with Crippen LogP contribution < -0.4 is 16.6 Å². The number of hydrogen-bond donors (Lipinski definition) is 2. The number of pyridine rings is 1. The zero-order valence-electron chi connectivity index (χ0n) is 15.5. The average molecular weight is 353 g/mol. The first-order chi connectivity index (χ1) is 12.4. The van der Waals surface area contributed by atoms with Gasteiger partial charge in [-0.15, -0.1) is 0 Å². The molecule has 0 radical (unpaired) electrons. The van der Waals surface area contributed by atoms with Crippen molar-refractivity contribution in [1.82, 2.24) is 19.7 Å². The van der Waals surface area contributed by atoms with Crippen LogP contribution in [0.5, 0.6) is 0 Å². The van der Waals surface area contributed by atoms with Crippen molar-refractivity contribution in [1.29, 1.82) is 0 Å². The molecule has 3 rings (SSSR count). The third kappa shape index (κ3) is 2.75. The molecular formula is C19H23N5O2. The van der Waals surface area contributed by atoms with Crippen LogP contribution in [0.1, 0.15) is 29.4 Å². The maximum atomic E-state index is 12.9. The van der Waals surface area contributed by atoms with E-state index in [4.69, 9.17) is 5.73 Å². The number of nitrogens with zero attached hydrogens (tertiary/aromatic N) is 3. The van der Waals surface area contributed by atoms with Gasteiger partial charge in [0.15, 0.2) is 0 Å². The molecule has 0 atom stereocenters. The molecule has 3 N–H and O–H groups in total. The fourth-order valence-corrected chi connectivity index (χ4v) is 3.27. The molecule has 0 saturated carbocycles. The number of anilines is 1. The number of hydrogen-bond acceptors (Lipinski definition) is 4. The van der Waals surface area contributed by atoms with Gasteiger partial charge in [-0.2, -0.15) is 5.10 Å². The molecule has 0 unspecified atom stereocenters. The van der Waals surface area contributed by atoms with Gasteiger partial charge in [0.2, 0.25) is 0 Å². The molecule has 7 nitrogen and oxygen atoms in total. The van der Waals surface area contributed by atoms with E-state index in [9.17, 15) is 9.59 Å². The Morgan fingerprint density at radius 1 is 1.27 bits per heavy atom. The van der Waals surface area contributed by atoms with E-state index >= 15 is 0 Å². The van der Waals surface area contributed by atoms with Crippen LogP contribution in [0, 0.1) is 6.92 Å². The summed E-state index contributed by atoms with van der Waals surface area (Å²) >= 11 is 0. The van der Waals surface area contributed by atoms with Crippen LogP contribution in [0.25, 0.3) is 22.0 Å². The van der Waals surface area contributed by atoms with Gasteiger partial charge in [-0.3, -0.25) is 14.3 Å². The van der Waals surface area contributed by atoms with E-state index in [0.717, 1.165) is 23.2 Å². The lowest BCUT2D eigenvalue weighted by molar-refractivity contribution is 0.0953. The highest BCUT2D eigenvalue weighted by Gasteiger charge is 2.21. The van der Waals surface area contributed by atoms with E-state index in [0.29, 0.717) is 17.4 Å². The summed E-state index contributed by atoms with van der Waals surface area (Å²) in [5.74, 6) is -0.435. The molecular weight excluding hydrogens is 330 g/mol. The van der Waals surface area contributed by atoms with Crippen LogP contribution in [-0.2, 0) is 14.1 Å². The third-order valence-electron chi connectivity index (χ3n) is 4.52. The molecule has 7 heteroatoms. The number of nitrogens with one attached hydrogen (secondary N) is 1. The number of amides is 1. The lowest BCUT2D eigenvalue weighted by Crippen LogP contribution is -2.34. The molecule has 0 fully saturated rings. The van der Waals surface area contributed by atoms with Crippen LogP contribution in [0.2, 0.25) is 0 Å². The van der Waals surface area contributed by atoms with Crippen molar-refractivity contribution in [3.63, 3.8) is 0 Å². The number of carbonyl (C=O) groups excluding carboxylic acids is 1. The first kappa shape index (κ1) is 17.7. The van der Waals surface area contributed by atoms with Gasteiger partial charge in [0.25, 0.3) is 11.5 Å². The Bertz CT molecular complexity index is 1060. The summed E-state index contributed by atoms with van der Waals surface area (Å²) in [4.78, 5) is 25.3. The minimum atomic E-state index is -0.435. The van der Waals surface area contributed by atoms with Crippen LogP contribution in [-0.4, -0.2) is 26.8 Å². The van der Waals surface area contributed by atoms with Crippen LogP contribution in [0.15, 0.2) is 29.2 Å². The summed E-state index contributed by atoms with van der Waals surface area (Å²) in [5, 5.41) is 7.79. The second-order valence-corrected chi connectivity index (χ2v) is 6.41. The van der Waals surface area contributed by atoms with Crippen molar-refractivity contribution < 1.29 is 4.79 Å². The summed E-state index contributed by atoms with van der Waals surface area (Å²) in [6.07, 6.45) is 2.69. The molecule has 0 spiro atoms. The lowest BCUT2D eigenvalue weighted by Gasteiger charge is -2.15. The fraction of sp³-hybridized carbons (Fsp3) is 0.316. The van der Waals surface area contributed by atoms with Crippen molar-refractivity contribution in [2.45, 2.75) is 20.3 Å². The molecule has 1 amide bonds. The predicted molar refractivity (Wildman–Crippen MR) is 103 cm³/mol. The van der Waals surface area contributed by atoms with Gasteiger partial charge < -0.3 is 15.6 Å². The molecule has 1 aromatic carbocycles. The van der Waals surface area contributed by atoms with Gasteiger partial charge in [-0.1, -0.05) is 25.1 Å². The minimum absolute atomic E-state index is 0.00601. The van der Waals surface area contributed by atoms with Crippen LogP contribution in [0.3, 0.4) is 0 Å². The van der Waals surface area contributed by atoms with Crippen molar-refractivity contribution in [2.75, 3.05) is 12.3 Å². The summed E-state index contributed by atoms with van der Waals surface area (Å²) in [6.45, 7) is 4.36. The molecule has 0 aliphatic rings. The molecule has 0 saturated heterocycles. The third-order valence-corrected chi connectivity index (χ3v) is 4.52. The van der Waals surface area contributed by atoms with E-state index in [1.165, 1.54) is 4.57 Å². The Balaban J connectivity index is 2.33. The predicted octanol–water partition coefficient (Wildman–Crippen LogP) is 1.97.